The minimum atomic E-state index is -0.840. The van der Waals surface area contributed by atoms with Crippen molar-refractivity contribution in [1.29, 1.82) is 0 Å². The molecule has 0 radical (unpaired) electrons. The van der Waals surface area contributed by atoms with Gasteiger partial charge in [0.1, 0.15) is 11.4 Å². The second-order valence-electron chi connectivity index (χ2n) is 9.28. The normalized spacial score (nSPS) is 12.1. The Morgan fingerprint density at radius 1 is 0.655 bits per heavy atom. The Balaban J connectivity index is 1.84. The van der Waals surface area contributed by atoms with Crippen molar-refractivity contribution in [3.63, 3.8) is 0 Å². The molecule has 0 saturated carbocycles. The molecule has 0 aliphatic heterocycles. The number of benzene rings is 3. The standard InChI is InChI=1S/C26H28F2O/c1-25(2,3)17-26(4,5)29-20-13-11-19(12-14-20)22-16-15-21(23(27)24(22)28)18-9-7-6-8-10-18/h6-16H,17H2,1-5H3. The molecular weight excluding hydrogens is 366 g/mol. The van der Waals surface area contributed by atoms with E-state index >= 15 is 0 Å². The topological polar surface area (TPSA) is 9.23 Å². The molecule has 0 heterocycles. The average molecular weight is 395 g/mol. The van der Waals surface area contributed by atoms with Crippen LogP contribution in [0.15, 0.2) is 66.7 Å². The molecule has 152 valence electrons. The largest absolute Gasteiger partial charge is 0.488 e. The summed E-state index contributed by atoms with van der Waals surface area (Å²) in [5.74, 6) is -0.960. The van der Waals surface area contributed by atoms with Crippen molar-refractivity contribution in [3.05, 3.63) is 78.4 Å². The van der Waals surface area contributed by atoms with E-state index in [1.54, 1.807) is 48.5 Å². The van der Waals surface area contributed by atoms with Gasteiger partial charge in [-0.2, -0.15) is 0 Å². The van der Waals surface area contributed by atoms with Gasteiger partial charge in [0.25, 0.3) is 0 Å². The summed E-state index contributed by atoms with van der Waals surface area (Å²) in [6.07, 6.45) is 0.891. The lowest BCUT2D eigenvalue weighted by molar-refractivity contribution is 0.0622. The van der Waals surface area contributed by atoms with Gasteiger partial charge in [0, 0.05) is 11.1 Å². The van der Waals surface area contributed by atoms with E-state index in [0.29, 0.717) is 16.9 Å². The van der Waals surface area contributed by atoms with Gasteiger partial charge in [-0.25, -0.2) is 8.78 Å². The first-order valence-electron chi connectivity index (χ1n) is 9.89. The summed E-state index contributed by atoms with van der Waals surface area (Å²) in [7, 11) is 0. The molecule has 3 aromatic rings. The van der Waals surface area contributed by atoms with E-state index < -0.39 is 11.6 Å². The van der Waals surface area contributed by atoms with Crippen LogP contribution >= 0.6 is 0 Å². The van der Waals surface area contributed by atoms with Crippen LogP contribution in [0.2, 0.25) is 0 Å². The predicted octanol–water partition coefficient (Wildman–Crippen LogP) is 7.89. The number of hydrogen-bond donors (Lipinski definition) is 0. The van der Waals surface area contributed by atoms with Crippen LogP contribution in [-0.2, 0) is 0 Å². The molecule has 1 nitrogen and oxygen atoms in total. The van der Waals surface area contributed by atoms with Gasteiger partial charge in [0.05, 0.1) is 0 Å². The summed E-state index contributed by atoms with van der Waals surface area (Å²) < 4.78 is 35.6. The highest BCUT2D eigenvalue weighted by atomic mass is 19.2. The van der Waals surface area contributed by atoms with E-state index in [1.165, 1.54) is 0 Å². The van der Waals surface area contributed by atoms with Crippen molar-refractivity contribution in [2.75, 3.05) is 0 Å². The third-order valence-electron chi connectivity index (χ3n) is 4.68. The van der Waals surface area contributed by atoms with Crippen LogP contribution < -0.4 is 4.74 Å². The molecule has 0 unspecified atom stereocenters. The maximum Gasteiger partial charge on any atom is 0.167 e. The molecule has 0 aromatic heterocycles. The van der Waals surface area contributed by atoms with Crippen molar-refractivity contribution < 1.29 is 13.5 Å². The van der Waals surface area contributed by atoms with Gasteiger partial charge < -0.3 is 4.74 Å². The monoisotopic (exact) mass is 394 g/mol. The quantitative estimate of drug-likeness (QED) is 0.427. The molecule has 0 atom stereocenters. The van der Waals surface area contributed by atoms with Crippen LogP contribution in [0.1, 0.15) is 41.0 Å². The first-order chi connectivity index (χ1) is 13.6. The van der Waals surface area contributed by atoms with Crippen molar-refractivity contribution >= 4 is 0 Å². The fourth-order valence-electron chi connectivity index (χ4n) is 3.95. The molecule has 29 heavy (non-hydrogen) atoms. The van der Waals surface area contributed by atoms with Crippen LogP contribution in [0, 0.1) is 17.0 Å². The molecule has 0 saturated heterocycles. The lowest BCUT2D eigenvalue weighted by atomic mass is 9.83. The Labute approximate surface area is 172 Å². The van der Waals surface area contributed by atoms with E-state index in [2.05, 4.69) is 34.6 Å². The number of ether oxygens (including phenoxy) is 1. The average Bonchev–Trinajstić information content (AvgIpc) is 2.63. The smallest absolute Gasteiger partial charge is 0.167 e. The summed E-state index contributed by atoms with van der Waals surface area (Å²) in [6.45, 7) is 10.7. The maximum absolute atomic E-state index is 14.8. The van der Waals surface area contributed by atoms with Gasteiger partial charge >= 0.3 is 0 Å². The van der Waals surface area contributed by atoms with Crippen molar-refractivity contribution in [2.24, 2.45) is 5.41 Å². The van der Waals surface area contributed by atoms with Crippen LogP contribution in [0.4, 0.5) is 8.78 Å². The summed E-state index contributed by atoms with van der Waals surface area (Å²) in [5, 5.41) is 0. The molecule has 3 heteroatoms. The molecule has 0 fully saturated rings. The van der Waals surface area contributed by atoms with Gasteiger partial charge in [-0.3, -0.25) is 0 Å². The summed E-state index contributed by atoms with van der Waals surface area (Å²) in [5.41, 5.74) is 1.58. The lowest BCUT2D eigenvalue weighted by Crippen LogP contribution is -2.33. The molecule has 0 spiro atoms. The molecule has 3 aromatic carbocycles. The SMILES string of the molecule is CC(C)(C)CC(C)(C)Oc1ccc(-c2ccc(-c3ccccc3)c(F)c2F)cc1. The van der Waals surface area contributed by atoms with Gasteiger partial charge in [-0.15, -0.1) is 0 Å². The highest BCUT2D eigenvalue weighted by Gasteiger charge is 2.27. The summed E-state index contributed by atoms with van der Waals surface area (Å²) >= 11 is 0. The lowest BCUT2D eigenvalue weighted by Gasteiger charge is -2.33. The molecule has 0 N–H and O–H groups in total. The molecular formula is C26H28F2O. The van der Waals surface area contributed by atoms with Crippen LogP contribution in [0.5, 0.6) is 5.75 Å². The van der Waals surface area contributed by atoms with E-state index in [1.807, 2.05) is 18.2 Å². The fourth-order valence-corrected chi connectivity index (χ4v) is 3.95. The van der Waals surface area contributed by atoms with Crippen molar-refractivity contribution in [1.82, 2.24) is 0 Å². The van der Waals surface area contributed by atoms with Gasteiger partial charge in [-0.05, 0) is 48.9 Å². The molecule has 0 amide bonds. The van der Waals surface area contributed by atoms with E-state index in [9.17, 15) is 8.78 Å². The minimum absolute atomic E-state index is 0.143. The number of rotatable bonds is 5. The first-order valence-corrected chi connectivity index (χ1v) is 9.89. The maximum atomic E-state index is 14.8. The van der Waals surface area contributed by atoms with E-state index in [0.717, 1.165) is 6.42 Å². The molecule has 0 aliphatic carbocycles. The van der Waals surface area contributed by atoms with Crippen LogP contribution in [0.3, 0.4) is 0 Å². The van der Waals surface area contributed by atoms with Gasteiger partial charge in [0.2, 0.25) is 0 Å². The third kappa shape index (κ3) is 5.23. The minimum Gasteiger partial charge on any atom is -0.488 e. The summed E-state index contributed by atoms with van der Waals surface area (Å²) in [6, 6.07) is 19.4. The number of halogens is 2. The van der Waals surface area contributed by atoms with Crippen molar-refractivity contribution in [3.8, 4) is 28.0 Å². The zero-order valence-electron chi connectivity index (χ0n) is 17.7. The second-order valence-corrected chi connectivity index (χ2v) is 9.28. The predicted molar refractivity (Wildman–Crippen MR) is 116 cm³/mol. The molecule has 0 aliphatic rings. The Morgan fingerprint density at radius 3 is 1.62 bits per heavy atom. The molecule has 3 rings (SSSR count). The molecule has 0 bridgehead atoms. The van der Waals surface area contributed by atoms with Crippen molar-refractivity contribution in [2.45, 2.75) is 46.6 Å². The number of hydrogen-bond acceptors (Lipinski definition) is 1. The Kier molecular flexibility index (Phi) is 5.79. The fraction of sp³-hybridized carbons (Fsp3) is 0.308. The van der Waals surface area contributed by atoms with E-state index in [-0.39, 0.29) is 22.1 Å². The van der Waals surface area contributed by atoms with Gasteiger partial charge in [-0.1, -0.05) is 75.4 Å². The third-order valence-corrected chi connectivity index (χ3v) is 4.68. The highest BCUT2D eigenvalue weighted by molar-refractivity contribution is 5.72. The summed E-state index contributed by atoms with van der Waals surface area (Å²) in [4.78, 5) is 0. The highest BCUT2D eigenvalue weighted by Crippen LogP contribution is 2.34. The Hall–Kier alpha value is -2.68. The van der Waals surface area contributed by atoms with E-state index in [4.69, 9.17) is 4.74 Å². The van der Waals surface area contributed by atoms with Crippen LogP contribution in [-0.4, -0.2) is 5.60 Å². The zero-order valence-corrected chi connectivity index (χ0v) is 17.7. The zero-order chi connectivity index (χ0) is 21.2. The van der Waals surface area contributed by atoms with Gasteiger partial charge in [0.15, 0.2) is 11.6 Å². The van der Waals surface area contributed by atoms with Crippen LogP contribution in [0.25, 0.3) is 22.3 Å². The Morgan fingerprint density at radius 2 is 1.14 bits per heavy atom. The second kappa shape index (κ2) is 7.98. The Bertz CT molecular complexity index is 968. The first kappa shape index (κ1) is 21.0.